The van der Waals surface area contributed by atoms with Crippen molar-refractivity contribution in [2.45, 2.75) is 28.2 Å². The van der Waals surface area contributed by atoms with E-state index in [4.69, 9.17) is 24.4 Å². The molecule has 104 heavy (non-hydrogen) atoms. The quantitative estimate of drug-likeness (QED) is 0.0595. The first-order valence-corrected chi connectivity index (χ1v) is 37.7. The van der Waals surface area contributed by atoms with Crippen molar-refractivity contribution in [3.05, 3.63) is 0 Å². The predicted octanol–water partition coefficient (Wildman–Crippen LogP) is -3.95. The molecule has 0 bridgehead atoms. The van der Waals surface area contributed by atoms with Gasteiger partial charge in [-0.05, 0) is 77.2 Å². The highest BCUT2D eigenvalue weighted by Crippen LogP contribution is 1.90. The van der Waals surface area contributed by atoms with Gasteiger partial charge in [-0.25, -0.2) is 60.2 Å². The Hall–Kier alpha value is -5.74. The lowest BCUT2D eigenvalue weighted by Crippen LogP contribution is -2.32. The summed E-state index contributed by atoms with van der Waals surface area (Å²) in [5.74, 6) is -2.59. The van der Waals surface area contributed by atoms with Gasteiger partial charge < -0.3 is 98.4 Å². The Morgan fingerprint density at radius 1 is 0.433 bits per heavy atom. The topological polar surface area (TPSA) is 537 Å². The normalized spacial score (nSPS) is 8.64. The molecule has 0 heterocycles. The highest BCUT2D eigenvalue weighted by atomic mass is 32.2. The zero-order valence-corrected chi connectivity index (χ0v) is 75.6. The minimum atomic E-state index is -3.16. The lowest BCUT2D eigenvalue weighted by Gasteiger charge is -2.11. The number of carbonyl (C=O) groups excluding carboxylic acids is 9. The van der Waals surface area contributed by atoms with E-state index in [-0.39, 0.29) is 30.6 Å². The summed E-state index contributed by atoms with van der Waals surface area (Å²) in [6, 6.07) is -0.227. The highest BCUT2D eigenvalue weighted by Gasteiger charge is 2.09. The van der Waals surface area contributed by atoms with Crippen LogP contribution in [0.3, 0.4) is 0 Å². The van der Waals surface area contributed by atoms with Crippen LogP contribution in [-0.2, 0) is 80.9 Å². The molecule has 0 aliphatic heterocycles. The molecule has 0 rings (SSSR count). The molecule has 0 radical (unpaired) electrons. The minimum absolute atomic E-state index is 0. The van der Waals surface area contributed by atoms with Crippen LogP contribution in [0.5, 0.6) is 0 Å². The molecule has 0 aromatic carbocycles. The number of methoxy groups -OCH3 is 3. The summed E-state index contributed by atoms with van der Waals surface area (Å²) in [5, 5.41) is 36.9. The van der Waals surface area contributed by atoms with Crippen molar-refractivity contribution in [3.8, 4) is 0 Å². The molecule has 9 amide bonds. The molecule has 630 valence electrons. The fraction of sp³-hybridized carbons (Fsp3) is 0.725. The molecular weight excluding hydrogens is 1590 g/mol. The zero-order valence-electron chi connectivity index (χ0n) is 66.6. The van der Waals surface area contributed by atoms with E-state index < -0.39 is 72.4 Å². The monoisotopic (exact) mass is 1720 g/mol. The van der Waals surface area contributed by atoms with E-state index >= 15 is 0 Å². The van der Waals surface area contributed by atoms with Gasteiger partial charge in [0.05, 0.1) is 26.3 Å². The van der Waals surface area contributed by atoms with Gasteiger partial charge in [0.1, 0.15) is 4.32 Å². The Bertz CT molecular complexity index is 2170. The van der Waals surface area contributed by atoms with Gasteiger partial charge in [-0.1, -0.05) is 43.6 Å². The number of nitrogens with one attached hydrogen (secondary N) is 20. The van der Waals surface area contributed by atoms with E-state index in [1.165, 1.54) is 101 Å². The number of likely N-dealkylation sites (N-methyl/N-ethyl adjacent to an activating group) is 2. The summed E-state index contributed by atoms with van der Waals surface area (Å²) < 4.78 is 91.8. The molecule has 42 nitrogen and oxygen atoms in total. The SMILES string of the molecule is C.CNC(=O)C(=O)OC.CNC(=O)C(C)=O.CNC(=O)N(C)C.CNC(=O)NC.CNC(=O)OC.CNC(=O)SC.CNC(=S)N(C)C.CNC(=S)NC.CNC(=S)OC.CNC(=S)SC.CNC(C)=O.CNC(C)=S.CNS(=O)(=O)N(C)C.CNS(=O)(=O)NC.CNS(=O)N(C)C.CNS(=O)NC. The van der Waals surface area contributed by atoms with Gasteiger partial charge in [-0.15, -0.1) is 11.8 Å². The molecule has 0 spiro atoms. The molecular formula is C51H132N24O18S11. The first kappa shape index (κ1) is 141. The Morgan fingerprint density at radius 3 is 0.827 bits per heavy atom. The molecule has 0 saturated carbocycles. The van der Waals surface area contributed by atoms with Crippen LogP contribution >= 0.6 is 84.6 Å². The van der Waals surface area contributed by atoms with Crippen molar-refractivity contribution in [1.82, 2.24) is 121 Å². The smallest absolute Gasteiger partial charge is 0.406 e. The van der Waals surface area contributed by atoms with Gasteiger partial charge in [-0.2, -0.15) is 21.1 Å². The maximum Gasteiger partial charge on any atom is 0.406 e. The average Bonchev–Trinajstić information content (AvgIpc) is 1.04. The van der Waals surface area contributed by atoms with Crippen LogP contribution in [0.4, 0.5) is 19.2 Å². The number of amides is 9. The Labute approximate surface area is 663 Å². The Kier molecular flexibility index (Phi) is 146. The third-order valence-electron chi connectivity index (χ3n) is 7.71. The fourth-order valence-corrected chi connectivity index (χ4v) is 3.59. The number of ether oxygens (including phenoxy) is 3. The molecule has 0 aromatic rings. The number of carbonyl (C=O) groups is 9. The minimum Gasteiger partial charge on any atom is -0.474 e. The Balaban J connectivity index is -0.0000000518. The van der Waals surface area contributed by atoms with Gasteiger partial charge in [0, 0.05) is 190 Å². The number of rotatable bonds is 9. The van der Waals surface area contributed by atoms with E-state index in [0.717, 1.165) is 25.8 Å². The summed E-state index contributed by atoms with van der Waals surface area (Å²) in [6.45, 7) is 4.54. The van der Waals surface area contributed by atoms with Gasteiger partial charge in [0.25, 0.3) is 36.7 Å². The van der Waals surface area contributed by atoms with E-state index in [1.54, 1.807) is 128 Å². The van der Waals surface area contributed by atoms with Gasteiger partial charge in [0.15, 0.2) is 32.6 Å². The van der Waals surface area contributed by atoms with E-state index in [2.05, 4.69) is 154 Å². The maximum atomic E-state index is 10.5. The first-order chi connectivity index (χ1) is 47.3. The summed E-state index contributed by atoms with van der Waals surface area (Å²) in [5.41, 5.74) is 0. The number of thiocarbonyl (C=S) groups is 5. The molecule has 0 aliphatic rings. The number of hydrogen-bond acceptors (Lipinski definition) is 25. The van der Waals surface area contributed by atoms with E-state index in [1.807, 2.05) is 53.3 Å². The van der Waals surface area contributed by atoms with Crippen LogP contribution < -0.4 is 103 Å². The highest BCUT2D eigenvalue weighted by molar-refractivity contribution is 8.22. The number of thioether (sulfide) groups is 2. The molecule has 20 N–H and O–H groups in total. The molecule has 1 unspecified atom stereocenters. The lowest BCUT2D eigenvalue weighted by molar-refractivity contribution is -0.152. The second kappa shape index (κ2) is 108. The van der Waals surface area contributed by atoms with Crippen LogP contribution in [0.25, 0.3) is 0 Å². The summed E-state index contributed by atoms with van der Waals surface area (Å²) in [7, 11) is 43.2. The first-order valence-electron chi connectivity index (χ1n) is 28.0. The number of hydrogen-bond donors (Lipinski definition) is 20. The van der Waals surface area contributed by atoms with Crippen LogP contribution in [0.1, 0.15) is 28.2 Å². The number of Topliss-reactive ketones (excluding diaryl/α,β-unsaturated/α-hetero) is 1. The molecule has 0 aromatic heterocycles. The third-order valence-corrected chi connectivity index (χ3v) is 15.4. The van der Waals surface area contributed by atoms with Crippen molar-refractivity contribution in [3.63, 3.8) is 0 Å². The molecule has 0 saturated heterocycles. The average molecular weight is 1720 g/mol. The number of nitrogens with zero attached hydrogens (tertiary/aromatic N) is 4. The molecule has 53 heteroatoms. The zero-order chi connectivity index (χ0) is 86.2. The van der Waals surface area contributed by atoms with E-state index in [0.29, 0.717) is 10.3 Å². The predicted molar refractivity (Wildman–Crippen MR) is 451 cm³/mol. The summed E-state index contributed by atoms with van der Waals surface area (Å²) in [4.78, 5) is 94.3. The largest absolute Gasteiger partial charge is 0.474 e. The van der Waals surface area contributed by atoms with Gasteiger partial charge in [-0.3, -0.25) is 24.0 Å². The van der Waals surface area contributed by atoms with Crippen molar-refractivity contribution in [2.75, 3.05) is 231 Å². The van der Waals surface area contributed by atoms with Crippen molar-refractivity contribution >= 4 is 205 Å². The summed E-state index contributed by atoms with van der Waals surface area (Å²) in [6.07, 6.45) is 3.27. The lowest BCUT2D eigenvalue weighted by atomic mass is 10.4. The van der Waals surface area contributed by atoms with Crippen LogP contribution in [0.2, 0.25) is 0 Å². The third kappa shape index (κ3) is 163. The van der Waals surface area contributed by atoms with Crippen LogP contribution in [0, 0.1) is 0 Å². The number of urea groups is 2. The molecule has 1 atom stereocenters. The van der Waals surface area contributed by atoms with Crippen LogP contribution in [-0.4, -0.2) is 352 Å². The van der Waals surface area contributed by atoms with Gasteiger partial charge >= 0.3 is 30.0 Å². The second-order valence-corrected chi connectivity index (χ2v) is 26.6. The van der Waals surface area contributed by atoms with Crippen LogP contribution in [0.15, 0.2) is 0 Å². The standard InChI is InChI=1S/C4H10N2O.C4H10N2S.C4H7NO3.C4H7NO2.C3H10N2O2S.C3H10N2OS.C3H8N2O.C3H8N2S.C3H7NO2.2C3H7NOS.C3H7NO.C3H7NS2.C3H7NS.C2H8N2O2S.C2H8N2OS.CH4/c2*1-5-4(7)6(2)3;1-5-3(6)4(7)8-2;1-3(6)4(7)5-2;1-4-8(6,7)5(2)3;1-4-7(6)5(2)3;2*1-4-3(6)5-2;2*1-4-3(5)6-2;1-4-3(6)5-2;1-3(5)4-2;1-4-3(5)6-2;1-3(5)4-2;1-3-7(5,6)4-2;1-3-6(5)4-2;/h2*1-3H3,(H,5,7);1-2H3,(H,5,6);1-2H3,(H,5,7);4H,1-3H3;4H,1-3H3;2*1-2H3,(H2,4,5,6);2*1-2H3,(H,4,5);1-2H3,(H,4,6);1-2H3,(H,4,5);1-2H3,(H,4,5);1-2H3,(H,4,5);3-4H,1-2H3;3-4H,1-2H3;1H4. The van der Waals surface area contributed by atoms with Gasteiger partial charge in [0.2, 0.25) is 11.7 Å². The fourth-order valence-electron chi connectivity index (χ4n) is 2.05. The van der Waals surface area contributed by atoms with E-state index in [9.17, 15) is 68.4 Å². The Morgan fingerprint density at radius 2 is 0.817 bits per heavy atom. The number of esters is 1. The number of alkyl carbamates (subject to hydrolysis) is 1. The van der Waals surface area contributed by atoms with Crippen molar-refractivity contribution < 1.29 is 82.6 Å². The second-order valence-electron chi connectivity index (χ2n) is 15.7. The maximum absolute atomic E-state index is 10.5. The van der Waals surface area contributed by atoms with Crippen molar-refractivity contribution in [1.29, 1.82) is 0 Å². The summed E-state index contributed by atoms with van der Waals surface area (Å²) >= 11 is 23.9. The molecule has 0 fully saturated rings. The van der Waals surface area contributed by atoms with Crippen molar-refractivity contribution in [2.24, 2.45) is 0 Å². The molecule has 0 aliphatic carbocycles. The number of ketones is 1.